The van der Waals surface area contributed by atoms with E-state index < -0.39 is 0 Å². The molecule has 1 saturated heterocycles. The topological polar surface area (TPSA) is 65.9 Å². The van der Waals surface area contributed by atoms with Crippen LogP contribution in [0.4, 0.5) is 0 Å². The van der Waals surface area contributed by atoms with Gasteiger partial charge >= 0.3 is 0 Å². The number of hydrogen-bond acceptors (Lipinski definition) is 4. The number of nitrogens with two attached hydrogens (primary N) is 1. The largest absolute Gasteiger partial charge is 0.329 e. The van der Waals surface area contributed by atoms with E-state index in [1.54, 1.807) is 6.20 Å². The number of piperidine rings is 1. The van der Waals surface area contributed by atoms with Gasteiger partial charge in [0.05, 0.1) is 0 Å². The normalized spacial score (nSPS) is 24.7. The van der Waals surface area contributed by atoms with Crippen molar-refractivity contribution in [2.45, 2.75) is 44.8 Å². The molecule has 1 fully saturated rings. The third-order valence-electron chi connectivity index (χ3n) is 3.82. The maximum atomic E-state index is 9.08. The van der Waals surface area contributed by atoms with E-state index in [4.69, 9.17) is 11.0 Å². The Balaban J connectivity index is 2.18. The SMILES string of the molecule is CC1CCCC(CN)N1Cc1cccnc1C#N. The summed E-state index contributed by atoms with van der Waals surface area (Å²) < 4.78 is 0. The maximum Gasteiger partial charge on any atom is 0.144 e. The molecule has 0 amide bonds. The molecule has 0 spiro atoms. The molecule has 4 heteroatoms. The van der Waals surface area contributed by atoms with Crippen LogP contribution in [0.15, 0.2) is 18.3 Å². The van der Waals surface area contributed by atoms with Gasteiger partial charge in [0.1, 0.15) is 11.8 Å². The molecule has 0 aromatic carbocycles. The number of nitrogens with zero attached hydrogens (tertiary/aromatic N) is 3. The summed E-state index contributed by atoms with van der Waals surface area (Å²) in [6.07, 6.45) is 5.28. The highest BCUT2D eigenvalue weighted by atomic mass is 15.2. The molecule has 18 heavy (non-hydrogen) atoms. The predicted molar refractivity (Wildman–Crippen MR) is 70.7 cm³/mol. The van der Waals surface area contributed by atoms with E-state index in [0.717, 1.165) is 18.5 Å². The fourth-order valence-electron chi connectivity index (χ4n) is 2.74. The first-order valence-corrected chi connectivity index (χ1v) is 6.56. The van der Waals surface area contributed by atoms with Crippen LogP contribution in [0.2, 0.25) is 0 Å². The molecule has 2 atom stereocenters. The van der Waals surface area contributed by atoms with Crippen LogP contribution in [-0.4, -0.2) is 28.5 Å². The van der Waals surface area contributed by atoms with Crippen molar-refractivity contribution in [3.63, 3.8) is 0 Å². The Morgan fingerprint density at radius 3 is 3.11 bits per heavy atom. The molecular formula is C14H20N4. The van der Waals surface area contributed by atoms with Gasteiger partial charge in [-0.2, -0.15) is 5.26 Å². The minimum Gasteiger partial charge on any atom is -0.329 e. The summed E-state index contributed by atoms with van der Waals surface area (Å²) in [6.45, 7) is 3.70. The van der Waals surface area contributed by atoms with Crippen LogP contribution in [0.25, 0.3) is 0 Å². The van der Waals surface area contributed by atoms with Crippen molar-refractivity contribution in [3.05, 3.63) is 29.6 Å². The average molecular weight is 244 g/mol. The highest BCUT2D eigenvalue weighted by Crippen LogP contribution is 2.24. The molecule has 1 aliphatic heterocycles. The summed E-state index contributed by atoms with van der Waals surface area (Å²) in [4.78, 5) is 6.54. The minimum absolute atomic E-state index is 0.431. The van der Waals surface area contributed by atoms with Gasteiger partial charge in [-0.15, -0.1) is 0 Å². The van der Waals surface area contributed by atoms with Gasteiger partial charge in [0.2, 0.25) is 0 Å². The number of hydrogen-bond donors (Lipinski definition) is 1. The molecule has 0 bridgehead atoms. The lowest BCUT2D eigenvalue weighted by molar-refractivity contribution is 0.0890. The van der Waals surface area contributed by atoms with Gasteiger partial charge < -0.3 is 5.73 Å². The van der Waals surface area contributed by atoms with Crippen molar-refractivity contribution in [1.29, 1.82) is 5.26 Å². The van der Waals surface area contributed by atoms with Crippen molar-refractivity contribution in [2.75, 3.05) is 6.54 Å². The van der Waals surface area contributed by atoms with Gasteiger partial charge in [0.15, 0.2) is 0 Å². The van der Waals surface area contributed by atoms with Crippen LogP contribution < -0.4 is 5.73 Å². The molecule has 4 nitrogen and oxygen atoms in total. The Labute approximate surface area is 108 Å². The van der Waals surface area contributed by atoms with E-state index >= 15 is 0 Å². The number of nitriles is 1. The fraction of sp³-hybridized carbons (Fsp3) is 0.571. The zero-order valence-electron chi connectivity index (χ0n) is 10.8. The van der Waals surface area contributed by atoms with E-state index in [0.29, 0.717) is 24.3 Å². The summed E-state index contributed by atoms with van der Waals surface area (Å²) in [6, 6.07) is 7.00. The lowest BCUT2D eigenvalue weighted by Gasteiger charge is -2.40. The van der Waals surface area contributed by atoms with Crippen molar-refractivity contribution in [1.82, 2.24) is 9.88 Å². The molecule has 1 aromatic heterocycles. The van der Waals surface area contributed by atoms with Gasteiger partial charge in [-0.25, -0.2) is 4.98 Å². The molecule has 1 aliphatic rings. The van der Waals surface area contributed by atoms with Crippen LogP contribution >= 0.6 is 0 Å². The van der Waals surface area contributed by atoms with Crippen LogP contribution in [-0.2, 0) is 6.54 Å². The quantitative estimate of drug-likeness (QED) is 0.878. The van der Waals surface area contributed by atoms with E-state index in [9.17, 15) is 0 Å². The van der Waals surface area contributed by atoms with Gasteiger partial charge in [-0.3, -0.25) is 4.90 Å². The van der Waals surface area contributed by atoms with Crippen molar-refractivity contribution in [3.8, 4) is 6.07 Å². The van der Waals surface area contributed by atoms with Gasteiger partial charge in [0, 0.05) is 36.9 Å². The first-order valence-electron chi connectivity index (χ1n) is 6.56. The van der Waals surface area contributed by atoms with E-state index in [2.05, 4.69) is 22.9 Å². The molecule has 2 heterocycles. The Morgan fingerprint density at radius 1 is 1.56 bits per heavy atom. The predicted octanol–water partition coefficient (Wildman–Crippen LogP) is 1.65. The van der Waals surface area contributed by atoms with Crippen LogP contribution in [0.1, 0.15) is 37.4 Å². The third-order valence-corrected chi connectivity index (χ3v) is 3.82. The molecular weight excluding hydrogens is 224 g/mol. The molecule has 0 saturated carbocycles. The van der Waals surface area contributed by atoms with E-state index in [1.165, 1.54) is 12.8 Å². The number of rotatable bonds is 3. The Kier molecular flexibility index (Phi) is 4.29. The first-order chi connectivity index (χ1) is 8.76. The summed E-state index contributed by atoms with van der Waals surface area (Å²) in [7, 11) is 0. The van der Waals surface area contributed by atoms with Gasteiger partial charge in [0.25, 0.3) is 0 Å². The Morgan fingerprint density at radius 2 is 2.39 bits per heavy atom. The second-order valence-corrected chi connectivity index (χ2v) is 4.96. The fourth-order valence-corrected chi connectivity index (χ4v) is 2.74. The summed E-state index contributed by atoms with van der Waals surface area (Å²) in [5, 5.41) is 9.08. The standard InChI is InChI=1S/C14H20N4/c1-11-4-2-6-13(8-15)18(11)10-12-5-3-7-17-14(12)9-16/h3,5,7,11,13H,2,4,6,8,10,15H2,1H3. The van der Waals surface area contributed by atoms with Crippen LogP contribution in [0.3, 0.4) is 0 Å². The van der Waals surface area contributed by atoms with E-state index in [-0.39, 0.29) is 0 Å². The van der Waals surface area contributed by atoms with Crippen molar-refractivity contribution >= 4 is 0 Å². The minimum atomic E-state index is 0.431. The Bertz CT molecular complexity index is 438. The lowest BCUT2D eigenvalue weighted by atomic mass is 9.95. The molecule has 2 rings (SSSR count). The zero-order valence-corrected chi connectivity index (χ0v) is 10.8. The zero-order chi connectivity index (χ0) is 13.0. The summed E-state index contributed by atoms with van der Waals surface area (Å²) >= 11 is 0. The summed E-state index contributed by atoms with van der Waals surface area (Å²) in [5.41, 5.74) is 7.40. The van der Waals surface area contributed by atoms with E-state index in [1.807, 2.05) is 12.1 Å². The molecule has 0 radical (unpaired) electrons. The number of likely N-dealkylation sites (tertiary alicyclic amines) is 1. The molecule has 96 valence electrons. The Hall–Kier alpha value is -1.44. The first kappa shape index (κ1) is 13.0. The number of pyridine rings is 1. The maximum absolute atomic E-state index is 9.08. The molecule has 0 aliphatic carbocycles. The summed E-state index contributed by atoms with van der Waals surface area (Å²) in [5.74, 6) is 0. The van der Waals surface area contributed by atoms with Gasteiger partial charge in [-0.05, 0) is 25.8 Å². The van der Waals surface area contributed by atoms with Crippen LogP contribution in [0, 0.1) is 11.3 Å². The molecule has 1 aromatic rings. The molecule has 2 N–H and O–H groups in total. The third kappa shape index (κ3) is 2.69. The highest BCUT2D eigenvalue weighted by molar-refractivity contribution is 5.30. The molecule has 2 unspecified atom stereocenters. The van der Waals surface area contributed by atoms with Crippen molar-refractivity contribution in [2.24, 2.45) is 5.73 Å². The van der Waals surface area contributed by atoms with Gasteiger partial charge in [-0.1, -0.05) is 12.5 Å². The second kappa shape index (κ2) is 5.94. The second-order valence-electron chi connectivity index (χ2n) is 4.96. The average Bonchev–Trinajstić information content (AvgIpc) is 2.41. The smallest absolute Gasteiger partial charge is 0.144 e. The highest BCUT2D eigenvalue weighted by Gasteiger charge is 2.27. The number of aromatic nitrogens is 1. The monoisotopic (exact) mass is 244 g/mol. The van der Waals surface area contributed by atoms with Crippen LogP contribution in [0.5, 0.6) is 0 Å². The lowest BCUT2D eigenvalue weighted by Crippen LogP contribution is -2.48. The van der Waals surface area contributed by atoms with Crippen molar-refractivity contribution < 1.29 is 0 Å².